The first-order valence-electron chi connectivity index (χ1n) is 5.95. The van der Waals surface area contributed by atoms with Crippen molar-refractivity contribution in [3.05, 3.63) is 22.3 Å². The lowest BCUT2D eigenvalue weighted by atomic mass is 10.2. The average Bonchev–Trinajstić information content (AvgIpc) is 3.02. The van der Waals surface area contributed by atoms with Gasteiger partial charge in [-0.2, -0.15) is 5.10 Å². The molecule has 0 radical (unpaired) electrons. The van der Waals surface area contributed by atoms with Crippen molar-refractivity contribution in [1.29, 1.82) is 0 Å². The van der Waals surface area contributed by atoms with Crippen LogP contribution in [0.3, 0.4) is 0 Å². The molecule has 0 saturated carbocycles. The van der Waals surface area contributed by atoms with E-state index in [1.165, 1.54) is 17.0 Å². The SMILES string of the molecule is O=COCCc1c[nH]nc1-c1nc2c(s1)CCC2. The van der Waals surface area contributed by atoms with Crippen LogP contribution < -0.4 is 0 Å². The van der Waals surface area contributed by atoms with Crippen LogP contribution in [0, 0.1) is 0 Å². The fourth-order valence-corrected chi connectivity index (χ4v) is 3.37. The number of carbonyl (C=O) groups is 1. The average molecular weight is 263 g/mol. The van der Waals surface area contributed by atoms with Crippen LogP contribution in [0.5, 0.6) is 0 Å². The van der Waals surface area contributed by atoms with Crippen molar-refractivity contribution in [1.82, 2.24) is 15.2 Å². The number of rotatable bonds is 5. The van der Waals surface area contributed by atoms with Gasteiger partial charge in [0.1, 0.15) is 10.7 Å². The molecule has 2 aromatic rings. The summed E-state index contributed by atoms with van der Waals surface area (Å²) < 4.78 is 4.72. The topological polar surface area (TPSA) is 67.9 Å². The Morgan fingerprint density at radius 2 is 2.44 bits per heavy atom. The number of aromatic nitrogens is 3. The summed E-state index contributed by atoms with van der Waals surface area (Å²) in [6.07, 6.45) is 5.95. The third kappa shape index (κ3) is 2.03. The number of hydrogen-bond donors (Lipinski definition) is 1. The maximum atomic E-state index is 10.1. The fourth-order valence-electron chi connectivity index (χ4n) is 2.20. The van der Waals surface area contributed by atoms with Crippen LogP contribution >= 0.6 is 11.3 Å². The van der Waals surface area contributed by atoms with Crippen molar-refractivity contribution in [3.8, 4) is 10.7 Å². The monoisotopic (exact) mass is 263 g/mol. The molecule has 0 aliphatic heterocycles. The Morgan fingerprint density at radius 3 is 3.28 bits per heavy atom. The molecule has 1 aliphatic carbocycles. The van der Waals surface area contributed by atoms with Gasteiger partial charge in [-0.15, -0.1) is 11.3 Å². The van der Waals surface area contributed by atoms with Crippen molar-refractivity contribution >= 4 is 17.8 Å². The summed E-state index contributed by atoms with van der Waals surface area (Å²) in [5.74, 6) is 0. The van der Waals surface area contributed by atoms with Crippen molar-refractivity contribution in [2.45, 2.75) is 25.7 Å². The van der Waals surface area contributed by atoms with Gasteiger partial charge in [0, 0.05) is 23.1 Å². The number of nitrogens with one attached hydrogen (secondary N) is 1. The van der Waals surface area contributed by atoms with E-state index in [1.54, 1.807) is 11.3 Å². The highest BCUT2D eigenvalue weighted by molar-refractivity contribution is 7.15. The van der Waals surface area contributed by atoms with Gasteiger partial charge in [-0.1, -0.05) is 0 Å². The van der Waals surface area contributed by atoms with Crippen molar-refractivity contribution < 1.29 is 9.53 Å². The van der Waals surface area contributed by atoms with Crippen molar-refractivity contribution in [3.63, 3.8) is 0 Å². The van der Waals surface area contributed by atoms with Crippen LogP contribution in [0.4, 0.5) is 0 Å². The van der Waals surface area contributed by atoms with E-state index in [-0.39, 0.29) is 0 Å². The predicted octanol–water partition coefficient (Wildman–Crippen LogP) is 1.74. The predicted molar refractivity (Wildman–Crippen MR) is 67.4 cm³/mol. The van der Waals surface area contributed by atoms with E-state index >= 15 is 0 Å². The number of aryl methyl sites for hydroxylation is 2. The number of ether oxygens (including phenoxy) is 1. The van der Waals surface area contributed by atoms with Crippen LogP contribution in [-0.4, -0.2) is 28.3 Å². The molecule has 1 N–H and O–H groups in total. The van der Waals surface area contributed by atoms with E-state index in [1.807, 2.05) is 6.20 Å². The largest absolute Gasteiger partial charge is 0.468 e. The molecule has 1 aliphatic rings. The van der Waals surface area contributed by atoms with Crippen LogP contribution in [0.1, 0.15) is 22.6 Å². The molecule has 94 valence electrons. The Bertz CT molecular complexity index is 540. The van der Waals surface area contributed by atoms with Gasteiger partial charge in [0.15, 0.2) is 0 Å². The molecule has 0 bridgehead atoms. The zero-order valence-corrected chi connectivity index (χ0v) is 10.6. The maximum absolute atomic E-state index is 10.1. The zero-order valence-electron chi connectivity index (χ0n) is 9.81. The molecule has 2 heterocycles. The van der Waals surface area contributed by atoms with Crippen LogP contribution in [0.2, 0.25) is 0 Å². The second-order valence-electron chi connectivity index (χ2n) is 4.22. The summed E-state index contributed by atoms with van der Waals surface area (Å²) in [5.41, 5.74) is 3.17. The lowest BCUT2D eigenvalue weighted by Gasteiger charge is -1.98. The zero-order chi connectivity index (χ0) is 12.4. The second-order valence-corrected chi connectivity index (χ2v) is 5.30. The lowest BCUT2D eigenvalue weighted by molar-refractivity contribution is -0.128. The van der Waals surface area contributed by atoms with E-state index in [0.29, 0.717) is 19.5 Å². The molecular weight excluding hydrogens is 250 g/mol. The maximum Gasteiger partial charge on any atom is 0.293 e. The van der Waals surface area contributed by atoms with Crippen molar-refractivity contribution in [2.24, 2.45) is 0 Å². The molecule has 0 spiro atoms. The van der Waals surface area contributed by atoms with Crippen LogP contribution in [0.25, 0.3) is 10.7 Å². The number of hydrogen-bond acceptors (Lipinski definition) is 5. The summed E-state index contributed by atoms with van der Waals surface area (Å²) in [6.45, 7) is 0.846. The smallest absolute Gasteiger partial charge is 0.293 e. The molecule has 5 nitrogen and oxygen atoms in total. The Balaban J connectivity index is 1.82. The minimum atomic E-state index is 0.376. The number of aromatic amines is 1. The number of nitrogens with zero attached hydrogens (tertiary/aromatic N) is 2. The van der Waals surface area contributed by atoms with Gasteiger partial charge >= 0.3 is 0 Å². The first kappa shape index (κ1) is 11.4. The van der Waals surface area contributed by atoms with Gasteiger partial charge in [-0.05, 0) is 19.3 Å². The third-order valence-corrected chi connectivity index (χ3v) is 4.24. The number of fused-ring (bicyclic) bond motifs is 1. The minimum absolute atomic E-state index is 0.376. The summed E-state index contributed by atoms with van der Waals surface area (Å²) in [5, 5.41) is 8.09. The highest BCUT2D eigenvalue weighted by atomic mass is 32.1. The van der Waals surface area contributed by atoms with Gasteiger partial charge in [0.2, 0.25) is 0 Å². The Labute approximate surface area is 108 Å². The van der Waals surface area contributed by atoms with Gasteiger partial charge < -0.3 is 4.74 Å². The fraction of sp³-hybridized carbons (Fsp3) is 0.417. The minimum Gasteiger partial charge on any atom is -0.468 e. The highest BCUT2D eigenvalue weighted by Crippen LogP contribution is 2.33. The Kier molecular flexibility index (Phi) is 3.10. The normalized spacial score (nSPS) is 13.6. The number of thiazole rings is 1. The summed E-state index contributed by atoms with van der Waals surface area (Å²) in [7, 11) is 0. The molecule has 2 aromatic heterocycles. The summed E-state index contributed by atoms with van der Waals surface area (Å²) in [6, 6.07) is 0. The van der Waals surface area contributed by atoms with E-state index in [0.717, 1.165) is 29.1 Å². The summed E-state index contributed by atoms with van der Waals surface area (Å²) >= 11 is 1.73. The van der Waals surface area contributed by atoms with Crippen LogP contribution in [0.15, 0.2) is 6.20 Å². The Hall–Kier alpha value is -1.69. The molecule has 0 fully saturated rings. The first-order valence-corrected chi connectivity index (χ1v) is 6.77. The lowest BCUT2D eigenvalue weighted by Crippen LogP contribution is -1.97. The molecule has 0 unspecified atom stereocenters. The molecule has 0 saturated heterocycles. The van der Waals surface area contributed by atoms with Gasteiger partial charge in [0.25, 0.3) is 6.47 Å². The second kappa shape index (κ2) is 4.89. The molecular formula is C12H13N3O2S. The van der Waals surface area contributed by atoms with Gasteiger partial charge in [-0.3, -0.25) is 9.89 Å². The van der Waals surface area contributed by atoms with Crippen LogP contribution in [-0.2, 0) is 28.8 Å². The molecule has 0 aromatic carbocycles. The number of carbonyl (C=O) groups excluding carboxylic acids is 1. The van der Waals surface area contributed by atoms with E-state index in [4.69, 9.17) is 4.74 Å². The molecule has 0 atom stereocenters. The third-order valence-electron chi connectivity index (χ3n) is 3.07. The number of H-pyrrole nitrogens is 1. The Morgan fingerprint density at radius 1 is 1.50 bits per heavy atom. The van der Waals surface area contributed by atoms with Crippen molar-refractivity contribution in [2.75, 3.05) is 6.61 Å². The molecule has 18 heavy (non-hydrogen) atoms. The van der Waals surface area contributed by atoms with E-state index < -0.39 is 0 Å². The molecule has 6 heteroatoms. The highest BCUT2D eigenvalue weighted by Gasteiger charge is 2.20. The van der Waals surface area contributed by atoms with E-state index in [9.17, 15) is 4.79 Å². The quantitative estimate of drug-likeness (QED) is 0.659. The van der Waals surface area contributed by atoms with Gasteiger partial charge in [0.05, 0.1) is 12.3 Å². The van der Waals surface area contributed by atoms with E-state index in [2.05, 4.69) is 15.2 Å². The first-order chi connectivity index (χ1) is 8.88. The van der Waals surface area contributed by atoms with Gasteiger partial charge in [-0.25, -0.2) is 4.98 Å². The standard InChI is InChI=1S/C12H13N3O2S/c16-7-17-5-4-8-6-13-15-11(8)12-14-9-2-1-3-10(9)18-12/h6-7H,1-5H2,(H,13,15). The molecule has 0 amide bonds. The summed E-state index contributed by atoms with van der Waals surface area (Å²) in [4.78, 5) is 16.2. The molecule has 3 rings (SSSR count).